The van der Waals surface area contributed by atoms with Crippen molar-refractivity contribution in [2.24, 2.45) is 0 Å². The number of nitrogens with one attached hydrogen (secondary N) is 1. The highest BCUT2D eigenvalue weighted by molar-refractivity contribution is 5.35. The highest BCUT2D eigenvalue weighted by Gasteiger charge is 2.18. The van der Waals surface area contributed by atoms with E-state index in [0.29, 0.717) is 6.04 Å². The zero-order valence-electron chi connectivity index (χ0n) is 9.62. The van der Waals surface area contributed by atoms with Gasteiger partial charge in [0.15, 0.2) is 0 Å². The third-order valence-electron chi connectivity index (χ3n) is 3.03. The Labute approximate surface area is 95.7 Å². The van der Waals surface area contributed by atoms with Crippen LogP contribution in [0.4, 0.5) is 10.2 Å². The van der Waals surface area contributed by atoms with Crippen LogP contribution in [0.5, 0.6) is 0 Å². The summed E-state index contributed by atoms with van der Waals surface area (Å²) in [6.07, 6.45) is 3.63. The van der Waals surface area contributed by atoms with Crippen LogP contribution in [0.25, 0.3) is 0 Å². The molecular weight excluding hydrogens is 205 g/mol. The molecule has 1 aromatic heterocycles. The summed E-state index contributed by atoms with van der Waals surface area (Å²) in [4.78, 5) is 6.44. The molecule has 0 amide bonds. The molecule has 0 aliphatic carbocycles. The summed E-state index contributed by atoms with van der Waals surface area (Å²) in [6, 6.07) is 3.57. The molecule has 2 rings (SSSR count). The first-order valence-electron chi connectivity index (χ1n) is 5.88. The summed E-state index contributed by atoms with van der Waals surface area (Å²) in [5.41, 5.74) is 0. The molecule has 1 N–H and O–H groups in total. The Morgan fingerprint density at radius 1 is 1.56 bits per heavy atom. The van der Waals surface area contributed by atoms with E-state index in [0.717, 1.165) is 25.3 Å². The number of piperidine rings is 1. The lowest BCUT2D eigenvalue weighted by molar-refractivity contribution is 0.226. The average Bonchev–Trinajstić information content (AvgIpc) is 2.32. The minimum absolute atomic E-state index is 0.288. The number of nitrogens with zero attached hydrogens (tertiary/aromatic N) is 2. The van der Waals surface area contributed by atoms with Gasteiger partial charge < -0.3 is 10.2 Å². The SMILES string of the molecule is CCN1CCCC(Nc2ccc(F)cn2)C1. The van der Waals surface area contributed by atoms with Gasteiger partial charge in [-0.1, -0.05) is 6.92 Å². The van der Waals surface area contributed by atoms with E-state index >= 15 is 0 Å². The van der Waals surface area contributed by atoms with Crippen LogP contribution in [0.15, 0.2) is 18.3 Å². The molecule has 0 aromatic carbocycles. The Morgan fingerprint density at radius 2 is 2.44 bits per heavy atom. The van der Waals surface area contributed by atoms with Crippen LogP contribution in [0.2, 0.25) is 0 Å². The maximum atomic E-state index is 12.7. The van der Waals surface area contributed by atoms with Gasteiger partial charge in [0.05, 0.1) is 6.20 Å². The van der Waals surface area contributed by atoms with Gasteiger partial charge in [-0.15, -0.1) is 0 Å². The molecule has 1 unspecified atom stereocenters. The maximum absolute atomic E-state index is 12.7. The molecule has 0 saturated carbocycles. The molecule has 0 radical (unpaired) electrons. The normalized spacial score (nSPS) is 22.0. The summed E-state index contributed by atoms with van der Waals surface area (Å²) in [6.45, 7) is 5.51. The highest BCUT2D eigenvalue weighted by Crippen LogP contribution is 2.14. The molecule has 16 heavy (non-hydrogen) atoms. The number of hydrogen-bond donors (Lipinski definition) is 1. The fraction of sp³-hybridized carbons (Fsp3) is 0.583. The number of aromatic nitrogens is 1. The van der Waals surface area contributed by atoms with Gasteiger partial charge >= 0.3 is 0 Å². The van der Waals surface area contributed by atoms with Gasteiger partial charge in [-0.05, 0) is 38.1 Å². The third kappa shape index (κ3) is 2.92. The molecule has 1 aromatic rings. The second-order valence-electron chi connectivity index (χ2n) is 4.24. The van der Waals surface area contributed by atoms with E-state index in [-0.39, 0.29) is 5.82 Å². The Bertz CT molecular complexity index is 326. The summed E-state index contributed by atoms with van der Waals surface area (Å²) in [5.74, 6) is 0.480. The molecule has 3 nitrogen and oxygen atoms in total. The predicted molar refractivity (Wildman–Crippen MR) is 63.0 cm³/mol. The molecule has 1 aliphatic rings. The van der Waals surface area contributed by atoms with Crippen molar-refractivity contribution in [1.29, 1.82) is 0 Å². The van der Waals surface area contributed by atoms with Crippen molar-refractivity contribution in [3.8, 4) is 0 Å². The van der Waals surface area contributed by atoms with E-state index in [1.54, 1.807) is 6.07 Å². The number of anilines is 1. The van der Waals surface area contributed by atoms with Crippen molar-refractivity contribution < 1.29 is 4.39 Å². The molecule has 0 spiro atoms. The smallest absolute Gasteiger partial charge is 0.141 e. The average molecular weight is 223 g/mol. The standard InChI is InChI=1S/C12H18FN3/c1-2-16-7-3-4-11(9-16)15-12-6-5-10(13)8-14-12/h5-6,8,11H,2-4,7,9H2,1H3,(H,14,15). The molecule has 1 saturated heterocycles. The number of rotatable bonds is 3. The minimum atomic E-state index is -0.288. The Balaban J connectivity index is 1.91. The predicted octanol–water partition coefficient (Wildman–Crippen LogP) is 2.12. The summed E-state index contributed by atoms with van der Waals surface area (Å²) < 4.78 is 12.7. The first kappa shape index (κ1) is 11.3. The summed E-state index contributed by atoms with van der Waals surface area (Å²) in [7, 11) is 0. The van der Waals surface area contributed by atoms with Crippen LogP contribution >= 0.6 is 0 Å². The van der Waals surface area contributed by atoms with E-state index in [2.05, 4.69) is 22.1 Å². The van der Waals surface area contributed by atoms with Crippen molar-refractivity contribution in [1.82, 2.24) is 9.88 Å². The van der Waals surface area contributed by atoms with E-state index in [9.17, 15) is 4.39 Å². The fourth-order valence-electron chi connectivity index (χ4n) is 2.13. The number of likely N-dealkylation sites (N-methyl/N-ethyl adjacent to an activating group) is 1. The van der Waals surface area contributed by atoms with Gasteiger partial charge in [0.2, 0.25) is 0 Å². The van der Waals surface area contributed by atoms with Crippen molar-refractivity contribution >= 4 is 5.82 Å². The third-order valence-corrected chi connectivity index (χ3v) is 3.03. The van der Waals surface area contributed by atoms with Gasteiger partial charge in [-0.3, -0.25) is 0 Å². The van der Waals surface area contributed by atoms with Gasteiger partial charge in [0.1, 0.15) is 11.6 Å². The highest BCUT2D eigenvalue weighted by atomic mass is 19.1. The number of likely N-dealkylation sites (tertiary alicyclic amines) is 1. The Morgan fingerprint density at radius 3 is 3.12 bits per heavy atom. The van der Waals surface area contributed by atoms with Gasteiger partial charge in [-0.2, -0.15) is 0 Å². The number of halogens is 1. The summed E-state index contributed by atoms with van der Waals surface area (Å²) in [5, 5.41) is 3.35. The largest absolute Gasteiger partial charge is 0.366 e. The zero-order chi connectivity index (χ0) is 11.4. The van der Waals surface area contributed by atoms with Gasteiger partial charge in [0.25, 0.3) is 0 Å². The second kappa shape index (κ2) is 5.25. The Hall–Kier alpha value is -1.16. The fourth-order valence-corrected chi connectivity index (χ4v) is 2.13. The van der Waals surface area contributed by atoms with Crippen molar-refractivity contribution in [3.63, 3.8) is 0 Å². The van der Waals surface area contributed by atoms with Crippen molar-refractivity contribution in [3.05, 3.63) is 24.1 Å². The minimum Gasteiger partial charge on any atom is -0.366 e. The molecule has 88 valence electrons. The van der Waals surface area contributed by atoms with E-state index in [1.165, 1.54) is 25.2 Å². The summed E-state index contributed by atoms with van der Waals surface area (Å²) >= 11 is 0. The van der Waals surface area contributed by atoms with Crippen LogP contribution < -0.4 is 5.32 Å². The zero-order valence-corrected chi connectivity index (χ0v) is 9.62. The van der Waals surface area contributed by atoms with E-state index in [4.69, 9.17) is 0 Å². The van der Waals surface area contributed by atoms with Crippen LogP contribution in [0.1, 0.15) is 19.8 Å². The first-order chi connectivity index (χ1) is 7.78. The van der Waals surface area contributed by atoms with Crippen LogP contribution in [-0.4, -0.2) is 35.6 Å². The molecule has 0 bridgehead atoms. The molecule has 1 fully saturated rings. The molecule has 4 heteroatoms. The molecular formula is C12H18FN3. The number of pyridine rings is 1. The maximum Gasteiger partial charge on any atom is 0.141 e. The quantitative estimate of drug-likeness (QED) is 0.850. The van der Waals surface area contributed by atoms with Crippen LogP contribution in [0.3, 0.4) is 0 Å². The number of hydrogen-bond acceptors (Lipinski definition) is 3. The van der Waals surface area contributed by atoms with Crippen molar-refractivity contribution in [2.45, 2.75) is 25.8 Å². The van der Waals surface area contributed by atoms with E-state index < -0.39 is 0 Å². The van der Waals surface area contributed by atoms with Gasteiger partial charge in [-0.25, -0.2) is 9.37 Å². The molecule has 1 aliphatic heterocycles. The van der Waals surface area contributed by atoms with Gasteiger partial charge in [0, 0.05) is 12.6 Å². The lowest BCUT2D eigenvalue weighted by atomic mass is 10.1. The lowest BCUT2D eigenvalue weighted by Gasteiger charge is -2.32. The van der Waals surface area contributed by atoms with Crippen LogP contribution in [-0.2, 0) is 0 Å². The topological polar surface area (TPSA) is 28.2 Å². The van der Waals surface area contributed by atoms with E-state index in [1.807, 2.05) is 0 Å². The lowest BCUT2D eigenvalue weighted by Crippen LogP contribution is -2.41. The monoisotopic (exact) mass is 223 g/mol. The van der Waals surface area contributed by atoms with Crippen LogP contribution in [0, 0.1) is 5.82 Å². The van der Waals surface area contributed by atoms with Crippen molar-refractivity contribution in [2.75, 3.05) is 25.0 Å². The Kier molecular flexibility index (Phi) is 3.72. The first-order valence-corrected chi connectivity index (χ1v) is 5.88. The molecule has 2 heterocycles. The second-order valence-corrected chi connectivity index (χ2v) is 4.24. The molecule has 1 atom stereocenters.